The molecule has 2 heteroatoms. The molecule has 0 amide bonds. The fourth-order valence-electron chi connectivity index (χ4n) is 0.675. The van der Waals surface area contributed by atoms with Crippen LogP contribution in [0.4, 0.5) is 0 Å². The van der Waals surface area contributed by atoms with E-state index in [-0.39, 0.29) is 0 Å². The van der Waals surface area contributed by atoms with Crippen LogP contribution in [0.5, 0.6) is 0 Å². The van der Waals surface area contributed by atoms with Crippen molar-refractivity contribution in [1.82, 2.24) is 5.32 Å². The molecule has 0 saturated carbocycles. The standard InChI is InChI=1S/C8H17NO/c1-5-10-6-8(4)9-7(2)3/h7,9H,4-6H2,1-3H3. The monoisotopic (exact) mass is 143 g/mol. The highest BCUT2D eigenvalue weighted by Crippen LogP contribution is 1.88. The van der Waals surface area contributed by atoms with Crippen molar-refractivity contribution in [1.29, 1.82) is 0 Å². The third kappa shape index (κ3) is 5.63. The highest BCUT2D eigenvalue weighted by Gasteiger charge is 1.94. The number of rotatable bonds is 5. The zero-order chi connectivity index (χ0) is 7.98. The first-order valence-electron chi connectivity index (χ1n) is 3.68. The van der Waals surface area contributed by atoms with Gasteiger partial charge in [-0.3, -0.25) is 0 Å². The average molecular weight is 143 g/mol. The Morgan fingerprint density at radius 1 is 1.60 bits per heavy atom. The maximum atomic E-state index is 5.13. The van der Waals surface area contributed by atoms with Gasteiger partial charge in [0, 0.05) is 18.3 Å². The van der Waals surface area contributed by atoms with E-state index in [1.54, 1.807) is 0 Å². The van der Waals surface area contributed by atoms with Crippen molar-refractivity contribution in [2.75, 3.05) is 13.2 Å². The van der Waals surface area contributed by atoms with Crippen molar-refractivity contribution in [2.45, 2.75) is 26.8 Å². The summed E-state index contributed by atoms with van der Waals surface area (Å²) in [7, 11) is 0. The fraction of sp³-hybridized carbons (Fsp3) is 0.750. The molecule has 0 atom stereocenters. The lowest BCUT2D eigenvalue weighted by Crippen LogP contribution is -2.23. The molecule has 10 heavy (non-hydrogen) atoms. The smallest absolute Gasteiger partial charge is 0.0856 e. The van der Waals surface area contributed by atoms with Gasteiger partial charge in [-0.05, 0) is 20.8 Å². The summed E-state index contributed by atoms with van der Waals surface area (Å²) in [6, 6.07) is 0.452. The molecule has 1 N–H and O–H groups in total. The summed E-state index contributed by atoms with van der Waals surface area (Å²) in [4.78, 5) is 0. The van der Waals surface area contributed by atoms with E-state index in [4.69, 9.17) is 4.74 Å². The zero-order valence-corrected chi connectivity index (χ0v) is 7.11. The summed E-state index contributed by atoms with van der Waals surface area (Å²) < 4.78 is 5.13. The molecule has 0 bridgehead atoms. The largest absolute Gasteiger partial charge is 0.385 e. The second kappa shape index (κ2) is 5.30. The highest BCUT2D eigenvalue weighted by molar-refractivity contribution is 4.91. The molecule has 0 aromatic carbocycles. The molecule has 0 rings (SSSR count). The number of hydrogen-bond donors (Lipinski definition) is 1. The van der Waals surface area contributed by atoms with Crippen LogP contribution in [0.2, 0.25) is 0 Å². The van der Waals surface area contributed by atoms with Crippen LogP contribution in [0.3, 0.4) is 0 Å². The molecule has 60 valence electrons. The first kappa shape index (κ1) is 9.50. The Morgan fingerprint density at radius 3 is 2.60 bits per heavy atom. The Balaban J connectivity index is 3.26. The van der Waals surface area contributed by atoms with Crippen molar-refractivity contribution in [3.63, 3.8) is 0 Å². The quantitative estimate of drug-likeness (QED) is 0.630. The second-order valence-electron chi connectivity index (χ2n) is 2.54. The van der Waals surface area contributed by atoms with Crippen molar-refractivity contribution in [3.05, 3.63) is 12.3 Å². The third-order valence-corrected chi connectivity index (χ3v) is 0.973. The Morgan fingerprint density at radius 2 is 2.20 bits per heavy atom. The molecule has 0 unspecified atom stereocenters. The van der Waals surface area contributed by atoms with E-state index in [1.807, 2.05) is 6.92 Å². The molecule has 0 aromatic heterocycles. The van der Waals surface area contributed by atoms with E-state index < -0.39 is 0 Å². The Kier molecular flexibility index (Phi) is 5.03. The van der Waals surface area contributed by atoms with Crippen LogP contribution in [0.25, 0.3) is 0 Å². The lowest BCUT2D eigenvalue weighted by Gasteiger charge is -2.11. The maximum Gasteiger partial charge on any atom is 0.0856 e. The number of ether oxygens (including phenoxy) is 1. The predicted molar refractivity (Wildman–Crippen MR) is 43.9 cm³/mol. The minimum atomic E-state index is 0.452. The molecule has 0 aliphatic carbocycles. The molecule has 0 saturated heterocycles. The number of hydrogen-bond acceptors (Lipinski definition) is 2. The summed E-state index contributed by atoms with van der Waals surface area (Å²) in [5.41, 5.74) is 0.955. The van der Waals surface area contributed by atoms with Gasteiger partial charge in [0.1, 0.15) is 0 Å². The summed E-state index contributed by atoms with van der Waals surface area (Å²) in [6.07, 6.45) is 0. The SMILES string of the molecule is C=C(COCC)NC(C)C. The van der Waals surface area contributed by atoms with E-state index in [2.05, 4.69) is 25.7 Å². The molecule has 0 aliphatic rings. The van der Waals surface area contributed by atoms with Crippen LogP contribution >= 0.6 is 0 Å². The summed E-state index contributed by atoms with van der Waals surface area (Å²) in [6.45, 7) is 11.3. The molecule has 0 aliphatic heterocycles. The fourth-order valence-corrected chi connectivity index (χ4v) is 0.675. The van der Waals surface area contributed by atoms with Crippen LogP contribution in [0.1, 0.15) is 20.8 Å². The van der Waals surface area contributed by atoms with Gasteiger partial charge in [-0.1, -0.05) is 6.58 Å². The molecule has 2 nitrogen and oxygen atoms in total. The molecule has 0 radical (unpaired) electrons. The minimum Gasteiger partial charge on any atom is -0.385 e. The molecular formula is C8H17NO. The van der Waals surface area contributed by atoms with Gasteiger partial charge in [-0.2, -0.15) is 0 Å². The van der Waals surface area contributed by atoms with E-state index in [9.17, 15) is 0 Å². The van der Waals surface area contributed by atoms with Crippen molar-refractivity contribution < 1.29 is 4.74 Å². The molecule has 0 aromatic rings. The van der Waals surface area contributed by atoms with E-state index in [0.29, 0.717) is 12.6 Å². The van der Waals surface area contributed by atoms with Gasteiger partial charge in [-0.25, -0.2) is 0 Å². The maximum absolute atomic E-state index is 5.13. The van der Waals surface area contributed by atoms with Crippen LogP contribution in [-0.2, 0) is 4.74 Å². The van der Waals surface area contributed by atoms with E-state index >= 15 is 0 Å². The first-order valence-corrected chi connectivity index (χ1v) is 3.68. The normalized spacial score (nSPS) is 10.0. The lowest BCUT2D eigenvalue weighted by atomic mass is 10.3. The van der Waals surface area contributed by atoms with E-state index in [1.165, 1.54) is 0 Å². The highest BCUT2D eigenvalue weighted by atomic mass is 16.5. The van der Waals surface area contributed by atoms with Gasteiger partial charge < -0.3 is 10.1 Å². The first-order chi connectivity index (χ1) is 4.66. The average Bonchev–Trinajstić information content (AvgIpc) is 1.82. The van der Waals surface area contributed by atoms with Gasteiger partial charge in [0.25, 0.3) is 0 Å². The zero-order valence-electron chi connectivity index (χ0n) is 7.11. The molecule has 0 heterocycles. The summed E-state index contributed by atoms with van der Waals surface area (Å²) >= 11 is 0. The minimum absolute atomic E-state index is 0.452. The van der Waals surface area contributed by atoms with E-state index in [0.717, 1.165) is 12.3 Å². The van der Waals surface area contributed by atoms with Crippen molar-refractivity contribution >= 4 is 0 Å². The van der Waals surface area contributed by atoms with Gasteiger partial charge in [-0.15, -0.1) is 0 Å². The molecular weight excluding hydrogens is 126 g/mol. The van der Waals surface area contributed by atoms with Gasteiger partial charge in [0.05, 0.1) is 6.61 Å². The van der Waals surface area contributed by atoms with Gasteiger partial charge in [0.2, 0.25) is 0 Å². The Labute approximate surface area is 63.3 Å². The number of nitrogens with one attached hydrogen (secondary N) is 1. The van der Waals surface area contributed by atoms with Crippen molar-refractivity contribution in [2.24, 2.45) is 0 Å². The van der Waals surface area contributed by atoms with Crippen LogP contribution in [-0.4, -0.2) is 19.3 Å². The lowest BCUT2D eigenvalue weighted by molar-refractivity contribution is 0.166. The van der Waals surface area contributed by atoms with Crippen LogP contribution in [0.15, 0.2) is 12.3 Å². The second-order valence-corrected chi connectivity index (χ2v) is 2.54. The van der Waals surface area contributed by atoms with Crippen LogP contribution in [0, 0.1) is 0 Å². The van der Waals surface area contributed by atoms with Crippen LogP contribution < -0.4 is 5.32 Å². The Hall–Kier alpha value is -0.500. The molecule has 0 spiro atoms. The summed E-state index contributed by atoms with van der Waals surface area (Å²) in [5, 5.41) is 3.16. The predicted octanol–water partition coefficient (Wildman–Crippen LogP) is 1.53. The topological polar surface area (TPSA) is 21.3 Å². The van der Waals surface area contributed by atoms with Gasteiger partial charge >= 0.3 is 0 Å². The Bertz CT molecular complexity index is 99.4. The third-order valence-electron chi connectivity index (χ3n) is 0.973. The van der Waals surface area contributed by atoms with Crippen molar-refractivity contribution in [3.8, 4) is 0 Å². The summed E-state index contributed by atoms with van der Waals surface area (Å²) in [5.74, 6) is 0. The molecule has 0 fully saturated rings. The van der Waals surface area contributed by atoms with Gasteiger partial charge in [0.15, 0.2) is 0 Å².